The van der Waals surface area contributed by atoms with E-state index in [0.717, 1.165) is 61.3 Å². The Kier molecular flexibility index (Phi) is 4.76. The van der Waals surface area contributed by atoms with Gasteiger partial charge in [0.05, 0.1) is 12.2 Å². The summed E-state index contributed by atoms with van der Waals surface area (Å²) in [4.78, 5) is 2.86. The maximum absolute atomic E-state index is 11.2. The predicted octanol–water partition coefficient (Wildman–Crippen LogP) is 4.63. The van der Waals surface area contributed by atoms with Gasteiger partial charge in [-0.2, -0.15) is 0 Å². The lowest BCUT2D eigenvalue weighted by molar-refractivity contribution is -0.129. The second-order valence-corrected chi connectivity index (χ2v) is 12.7. The molecule has 0 aromatic carbocycles. The van der Waals surface area contributed by atoms with Gasteiger partial charge in [-0.15, -0.1) is 0 Å². The molecule has 0 radical (unpaired) electrons. The Hall–Kier alpha value is -0.380. The molecule has 168 valence electrons. The lowest BCUT2D eigenvalue weighted by atomic mass is 9.51. The zero-order chi connectivity index (χ0) is 20.8. The van der Waals surface area contributed by atoms with Crippen LogP contribution in [0.5, 0.6) is 0 Å². The Morgan fingerprint density at radius 2 is 1.73 bits per heavy atom. The van der Waals surface area contributed by atoms with E-state index in [-0.39, 0.29) is 17.6 Å². The van der Waals surface area contributed by atoms with Gasteiger partial charge in [-0.3, -0.25) is 4.90 Å². The van der Waals surface area contributed by atoms with Crippen LogP contribution in [-0.4, -0.2) is 46.5 Å². The van der Waals surface area contributed by atoms with E-state index in [1.165, 1.54) is 45.2 Å². The average molecular weight is 414 g/mol. The first-order chi connectivity index (χ1) is 14.4. The molecule has 2 N–H and O–H groups in total. The van der Waals surface area contributed by atoms with Crippen molar-refractivity contribution in [2.75, 3.05) is 13.1 Å². The van der Waals surface area contributed by atoms with Crippen LogP contribution in [0.1, 0.15) is 78.6 Å². The predicted molar refractivity (Wildman–Crippen MR) is 120 cm³/mol. The Morgan fingerprint density at radius 1 is 0.900 bits per heavy atom. The molecule has 0 unspecified atom stereocenters. The van der Waals surface area contributed by atoms with Crippen molar-refractivity contribution >= 4 is 0 Å². The summed E-state index contributed by atoms with van der Waals surface area (Å²) in [5.41, 5.74) is 3.94. The first kappa shape index (κ1) is 20.2. The molecule has 3 nitrogen and oxygen atoms in total. The van der Waals surface area contributed by atoms with Gasteiger partial charge in [0, 0.05) is 19.1 Å². The van der Waals surface area contributed by atoms with E-state index in [0.29, 0.717) is 11.8 Å². The summed E-state index contributed by atoms with van der Waals surface area (Å²) in [5.74, 6) is 4.97. The Bertz CT molecular complexity index is 732. The van der Waals surface area contributed by atoms with E-state index in [9.17, 15) is 10.2 Å². The lowest BCUT2D eigenvalue weighted by Gasteiger charge is -2.55. The van der Waals surface area contributed by atoms with E-state index >= 15 is 0 Å². The standard InChI is InChI=1S/C27H43NO2/c1-15-4-7-25-16(2)18-5-6-19-20(22(18)14-28(25)13-15)11-23-21(19)12-26(30)24-10-17(29)8-9-27(23,24)3/h15-17,19-21,23-26,29-30H,4-14H2,1-3H3/t15-,16-,17-,19-,20-,21+,23+,24-,25+,26-,27-/m1/s1. The van der Waals surface area contributed by atoms with Gasteiger partial charge in [0.15, 0.2) is 0 Å². The van der Waals surface area contributed by atoms with Crippen molar-refractivity contribution in [2.45, 2.75) is 96.8 Å². The van der Waals surface area contributed by atoms with Gasteiger partial charge < -0.3 is 10.2 Å². The summed E-state index contributed by atoms with van der Waals surface area (Å²) in [6.45, 7) is 10.0. The number of aliphatic hydroxyl groups excluding tert-OH is 2. The van der Waals surface area contributed by atoms with E-state index in [1.807, 2.05) is 11.1 Å². The molecule has 0 spiro atoms. The third kappa shape index (κ3) is 2.80. The van der Waals surface area contributed by atoms with Gasteiger partial charge in [0.25, 0.3) is 0 Å². The summed E-state index contributed by atoms with van der Waals surface area (Å²) in [7, 11) is 0. The molecule has 0 aromatic heterocycles. The molecule has 1 saturated heterocycles. The van der Waals surface area contributed by atoms with Crippen molar-refractivity contribution in [3.63, 3.8) is 0 Å². The fourth-order valence-electron chi connectivity index (χ4n) is 9.90. The Balaban J connectivity index is 1.32. The van der Waals surface area contributed by atoms with Crippen LogP contribution >= 0.6 is 0 Å². The normalized spacial score (nSPS) is 55.9. The summed E-state index contributed by atoms with van der Waals surface area (Å²) < 4.78 is 0. The SMILES string of the molecule is C[C@@H]1CC[C@H]2[C@H](C)C3=C(CN2C1)[C@@H]1C[C@H]2[C@@H](C[C@@H](O)[C@H]4C[C@H](O)CC[C@@]42C)[C@@H]1CC3. The van der Waals surface area contributed by atoms with Gasteiger partial charge in [0.1, 0.15) is 0 Å². The minimum Gasteiger partial charge on any atom is -0.393 e. The molecule has 6 rings (SSSR count). The summed E-state index contributed by atoms with van der Waals surface area (Å²) in [6, 6.07) is 0.795. The van der Waals surface area contributed by atoms with Crippen molar-refractivity contribution in [3.05, 3.63) is 11.1 Å². The monoisotopic (exact) mass is 413 g/mol. The topological polar surface area (TPSA) is 43.7 Å². The lowest BCUT2D eigenvalue weighted by Crippen LogP contribution is -2.53. The number of piperidine rings is 1. The van der Waals surface area contributed by atoms with Crippen LogP contribution in [0, 0.1) is 46.8 Å². The van der Waals surface area contributed by atoms with Crippen molar-refractivity contribution in [3.8, 4) is 0 Å². The molecule has 4 fully saturated rings. The third-order valence-electron chi connectivity index (χ3n) is 11.4. The summed E-state index contributed by atoms with van der Waals surface area (Å²) in [6.07, 6.45) is 10.4. The van der Waals surface area contributed by atoms with Gasteiger partial charge in [-0.25, -0.2) is 0 Å². The minimum absolute atomic E-state index is 0.190. The highest BCUT2D eigenvalue weighted by atomic mass is 16.3. The number of aliphatic hydroxyl groups is 2. The number of hydrogen-bond acceptors (Lipinski definition) is 3. The molecule has 3 heteroatoms. The van der Waals surface area contributed by atoms with Crippen LogP contribution in [0.15, 0.2) is 11.1 Å². The first-order valence-corrected chi connectivity index (χ1v) is 13.2. The van der Waals surface area contributed by atoms with Crippen LogP contribution in [0.2, 0.25) is 0 Å². The fourth-order valence-corrected chi connectivity index (χ4v) is 9.90. The maximum Gasteiger partial charge on any atom is 0.0577 e. The molecule has 0 aromatic rings. The summed E-state index contributed by atoms with van der Waals surface area (Å²) >= 11 is 0. The molecular weight excluding hydrogens is 370 g/mol. The highest BCUT2D eigenvalue weighted by Crippen LogP contribution is 2.66. The number of hydrogen-bond donors (Lipinski definition) is 2. The van der Waals surface area contributed by atoms with Crippen molar-refractivity contribution in [1.29, 1.82) is 0 Å². The smallest absolute Gasteiger partial charge is 0.0577 e. The molecule has 2 heterocycles. The van der Waals surface area contributed by atoms with Crippen LogP contribution in [0.4, 0.5) is 0 Å². The minimum atomic E-state index is -0.196. The molecule has 30 heavy (non-hydrogen) atoms. The van der Waals surface area contributed by atoms with E-state index in [1.54, 1.807) is 0 Å². The van der Waals surface area contributed by atoms with Crippen LogP contribution in [0.25, 0.3) is 0 Å². The van der Waals surface area contributed by atoms with Crippen molar-refractivity contribution in [2.24, 2.45) is 46.8 Å². The van der Waals surface area contributed by atoms with Gasteiger partial charge in [-0.05, 0) is 105 Å². The fraction of sp³-hybridized carbons (Fsp3) is 0.926. The van der Waals surface area contributed by atoms with E-state index in [4.69, 9.17) is 0 Å². The third-order valence-corrected chi connectivity index (χ3v) is 11.4. The highest BCUT2D eigenvalue weighted by Gasteiger charge is 2.61. The van der Waals surface area contributed by atoms with Crippen LogP contribution in [-0.2, 0) is 0 Å². The molecule has 4 aliphatic carbocycles. The largest absolute Gasteiger partial charge is 0.393 e. The molecular formula is C27H43NO2. The molecule has 0 amide bonds. The van der Waals surface area contributed by atoms with E-state index < -0.39 is 0 Å². The second kappa shape index (κ2) is 7.06. The maximum atomic E-state index is 11.2. The summed E-state index contributed by atoms with van der Waals surface area (Å²) in [5, 5.41) is 21.5. The molecule has 0 bridgehead atoms. The van der Waals surface area contributed by atoms with Gasteiger partial charge in [0.2, 0.25) is 0 Å². The van der Waals surface area contributed by atoms with Crippen LogP contribution < -0.4 is 0 Å². The Labute approximate surface area is 183 Å². The van der Waals surface area contributed by atoms with Gasteiger partial charge in [-0.1, -0.05) is 31.9 Å². The number of nitrogens with zero attached hydrogens (tertiary/aromatic N) is 1. The van der Waals surface area contributed by atoms with Crippen molar-refractivity contribution < 1.29 is 10.2 Å². The first-order valence-electron chi connectivity index (χ1n) is 13.2. The Morgan fingerprint density at radius 3 is 2.57 bits per heavy atom. The zero-order valence-electron chi connectivity index (χ0n) is 19.4. The highest BCUT2D eigenvalue weighted by molar-refractivity contribution is 5.32. The quantitative estimate of drug-likeness (QED) is 0.569. The molecule has 3 saturated carbocycles. The molecule has 6 aliphatic rings. The van der Waals surface area contributed by atoms with Gasteiger partial charge >= 0.3 is 0 Å². The zero-order valence-corrected chi connectivity index (χ0v) is 19.4. The number of fused-ring (bicyclic) bond motifs is 7. The van der Waals surface area contributed by atoms with Crippen molar-refractivity contribution in [1.82, 2.24) is 4.90 Å². The van der Waals surface area contributed by atoms with Crippen LogP contribution in [0.3, 0.4) is 0 Å². The van der Waals surface area contributed by atoms with E-state index in [2.05, 4.69) is 25.7 Å². The number of rotatable bonds is 0. The second-order valence-electron chi connectivity index (χ2n) is 12.7. The molecule has 11 atom stereocenters. The molecule has 2 aliphatic heterocycles. The average Bonchev–Trinajstić information content (AvgIpc) is 3.09.